The maximum Gasteiger partial charge on any atom is 0.135 e. The monoisotopic (exact) mass is 266 g/mol. The molecule has 0 spiro atoms. The number of aromatic nitrogens is 1. The number of hydrogen-bond donors (Lipinski definition) is 1. The highest BCUT2D eigenvalue weighted by atomic mass is 32.1. The average Bonchev–Trinajstić information content (AvgIpc) is 2.99. The first-order valence-electron chi connectivity index (χ1n) is 5.88. The minimum Gasteiger partial charge on any atom is -0.308 e. The summed E-state index contributed by atoms with van der Waals surface area (Å²) < 4.78 is 26.5. The Morgan fingerprint density at radius 3 is 2.94 bits per heavy atom. The first kappa shape index (κ1) is 11.7. The Morgan fingerprint density at radius 1 is 1.33 bits per heavy atom. The Balaban J connectivity index is 1.92. The molecule has 1 aromatic heterocycles. The van der Waals surface area contributed by atoms with Gasteiger partial charge in [0.05, 0.1) is 11.7 Å². The molecule has 18 heavy (non-hydrogen) atoms. The lowest BCUT2D eigenvalue weighted by Gasteiger charge is -2.04. The van der Waals surface area contributed by atoms with Gasteiger partial charge in [-0.1, -0.05) is 0 Å². The van der Waals surface area contributed by atoms with Gasteiger partial charge in [0.15, 0.2) is 0 Å². The molecule has 1 aliphatic heterocycles. The molecule has 2 aromatic rings. The topological polar surface area (TPSA) is 24.9 Å². The lowest BCUT2D eigenvalue weighted by atomic mass is 10.1. The summed E-state index contributed by atoms with van der Waals surface area (Å²) >= 11 is 1.52. The summed E-state index contributed by atoms with van der Waals surface area (Å²) in [6, 6.07) is 3.87. The van der Waals surface area contributed by atoms with Crippen LogP contribution in [0, 0.1) is 11.6 Å². The van der Waals surface area contributed by atoms with Crippen LogP contribution in [0.15, 0.2) is 23.6 Å². The molecule has 0 bridgehead atoms. The van der Waals surface area contributed by atoms with Crippen molar-refractivity contribution in [3.63, 3.8) is 0 Å². The molecule has 1 N–H and O–H groups in total. The SMILES string of the molecule is Fc1ccc(-c2csc(C3CCCN3)n2)c(F)c1. The van der Waals surface area contributed by atoms with Crippen LogP contribution in [0.4, 0.5) is 8.78 Å². The largest absolute Gasteiger partial charge is 0.308 e. The minimum atomic E-state index is -0.566. The molecule has 1 atom stereocenters. The van der Waals surface area contributed by atoms with E-state index in [9.17, 15) is 8.78 Å². The van der Waals surface area contributed by atoms with Crippen LogP contribution in [0.1, 0.15) is 23.9 Å². The smallest absolute Gasteiger partial charge is 0.135 e. The van der Waals surface area contributed by atoms with E-state index in [-0.39, 0.29) is 6.04 Å². The maximum absolute atomic E-state index is 13.6. The second-order valence-electron chi connectivity index (χ2n) is 4.34. The van der Waals surface area contributed by atoms with Gasteiger partial charge in [-0.15, -0.1) is 11.3 Å². The minimum absolute atomic E-state index is 0.284. The summed E-state index contributed by atoms with van der Waals surface area (Å²) in [5, 5.41) is 6.16. The zero-order chi connectivity index (χ0) is 12.5. The van der Waals surface area contributed by atoms with E-state index < -0.39 is 11.6 Å². The Bertz CT molecular complexity index is 562. The predicted molar refractivity (Wildman–Crippen MR) is 67.4 cm³/mol. The van der Waals surface area contributed by atoms with Crippen LogP contribution in [0.3, 0.4) is 0 Å². The second-order valence-corrected chi connectivity index (χ2v) is 5.23. The third-order valence-electron chi connectivity index (χ3n) is 3.09. The van der Waals surface area contributed by atoms with E-state index in [2.05, 4.69) is 10.3 Å². The third kappa shape index (κ3) is 2.15. The standard InChI is InChI=1S/C13H12F2N2S/c14-8-3-4-9(10(15)6-8)12-7-18-13(17-12)11-2-1-5-16-11/h3-4,6-7,11,16H,1-2,5H2. The van der Waals surface area contributed by atoms with Crippen LogP contribution in [-0.2, 0) is 0 Å². The molecule has 1 saturated heterocycles. The van der Waals surface area contributed by atoms with Gasteiger partial charge in [0.2, 0.25) is 0 Å². The van der Waals surface area contributed by atoms with Crippen LogP contribution in [-0.4, -0.2) is 11.5 Å². The van der Waals surface area contributed by atoms with Crippen LogP contribution < -0.4 is 5.32 Å². The number of halogens is 2. The Kier molecular flexibility index (Phi) is 3.09. The second kappa shape index (κ2) is 4.74. The van der Waals surface area contributed by atoms with Gasteiger partial charge in [0.1, 0.15) is 16.6 Å². The highest BCUT2D eigenvalue weighted by molar-refractivity contribution is 7.10. The molecule has 5 heteroatoms. The van der Waals surface area contributed by atoms with Crippen molar-refractivity contribution in [2.24, 2.45) is 0 Å². The summed E-state index contributed by atoms with van der Waals surface area (Å²) in [5.41, 5.74) is 0.943. The average molecular weight is 266 g/mol. The summed E-state index contributed by atoms with van der Waals surface area (Å²) in [7, 11) is 0. The lowest BCUT2D eigenvalue weighted by molar-refractivity contribution is 0.585. The third-order valence-corrected chi connectivity index (χ3v) is 4.05. The molecule has 1 aliphatic rings. The highest BCUT2D eigenvalue weighted by Crippen LogP contribution is 2.30. The molecule has 0 aliphatic carbocycles. The van der Waals surface area contributed by atoms with E-state index in [0.717, 1.165) is 30.5 Å². The molecule has 0 saturated carbocycles. The first-order chi connectivity index (χ1) is 8.74. The Hall–Kier alpha value is -1.33. The zero-order valence-corrected chi connectivity index (χ0v) is 10.4. The van der Waals surface area contributed by atoms with Gasteiger partial charge in [-0.25, -0.2) is 13.8 Å². The molecule has 1 aromatic carbocycles. The van der Waals surface area contributed by atoms with Gasteiger partial charge in [-0.05, 0) is 31.5 Å². The molecule has 3 rings (SSSR count). The number of rotatable bonds is 2. The van der Waals surface area contributed by atoms with Gasteiger partial charge in [-0.2, -0.15) is 0 Å². The molecular formula is C13H12F2N2S. The van der Waals surface area contributed by atoms with E-state index in [0.29, 0.717) is 11.3 Å². The van der Waals surface area contributed by atoms with Crippen molar-refractivity contribution < 1.29 is 8.78 Å². The highest BCUT2D eigenvalue weighted by Gasteiger charge is 2.20. The van der Waals surface area contributed by atoms with E-state index >= 15 is 0 Å². The molecule has 1 fully saturated rings. The normalized spacial score (nSPS) is 19.3. The fourth-order valence-corrected chi connectivity index (χ4v) is 3.09. The summed E-state index contributed by atoms with van der Waals surface area (Å²) in [4.78, 5) is 4.45. The van der Waals surface area contributed by atoms with E-state index in [4.69, 9.17) is 0 Å². The van der Waals surface area contributed by atoms with Gasteiger partial charge in [0, 0.05) is 17.0 Å². The number of thiazole rings is 1. The van der Waals surface area contributed by atoms with Crippen LogP contribution >= 0.6 is 11.3 Å². The van der Waals surface area contributed by atoms with Crippen molar-refractivity contribution in [3.05, 3.63) is 40.2 Å². The summed E-state index contributed by atoms with van der Waals surface area (Å²) in [6.07, 6.45) is 2.21. The van der Waals surface area contributed by atoms with Gasteiger partial charge < -0.3 is 5.32 Å². The predicted octanol–water partition coefficient (Wildman–Crippen LogP) is 3.51. The number of benzene rings is 1. The lowest BCUT2D eigenvalue weighted by Crippen LogP contribution is -2.12. The van der Waals surface area contributed by atoms with Crippen molar-refractivity contribution in [3.8, 4) is 11.3 Å². The van der Waals surface area contributed by atoms with Crippen molar-refractivity contribution >= 4 is 11.3 Å². The molecule has 94 valence electrons. The summed E-state index contributed by atoms with van der Waals surface area (Å²) in [5.74, 6) is -1.13. The first-order valence-corrected chi connectivity index (χ1v) is 6.76. The molecule has 0 amide bonds. The van der Waals surface area contributed by atoms with Crippen molar-refractivity contribution in [1.82, 2.24) is 10.3 Å². The van der Waals surface area contributed by atoms with Crippen LogP contribution in [0.2, 0.25) is 0 Å². The van der Waals surface area contributed by atoms with Crippen molar-refractivity contribution in [2.45, 2.75) is 18.9 Å². The number of hydrogen-bond acceptors (Lipinski definition) is 3. The molecule has 0 radical (unpaired) electrons. The zero-order valence-electron chi connectivity index (χ0n) is 9.62. The quantitative estimate of drug-likeness (QED) is 0.899. The molecular weight excluding hydrogens is 254 g/mol. The molecule has 2 heterocycles. The van der Waals surface area contributed by atoms with Crippen LogP contribution in [0.5, 0.6) is 0 Å². The van der Waals surface area contributed by atoms with Crippen molar-refractivity contribution in [2.75, 3.05) is 6.54 Å². The van der Waals surface area contributed by atoms with Gasteiger partial charge in [0.25, 0.3) is 0 Å². The van der Waals surface area contributed by atoms with E-state index in [1.54, 1.807) is 0 Å². The van der Waals surface area contributed by atoms with Gasteiger partial charge >= 0.3 is 0 Å². The number of nitrogens with one attached hydrogen (secondary N) is 1. The molecule has 1 unspecified atom stereocenters. The summed E-state index contributed by atoms with van der Waals surface area (Å²) in [6.45, 7) is 1.00. The van der Waals surface area contributed by atoms with E-state index in [1.165, 1.54) is 23.5 Å². The van der Waals surface area contributed by atoms with Crippen molar-refractivity contribution in [1.29, 1.82) is 0 Å². The Labute approximate surface area is 108 Å². The van der Waals surface area contributed by atoms with Gasteiger partial charge in [-0.3, -0.25) is 0 Å². The Morgan fingerprint density at radius 2 is 2.22 bits per heavy atom. The number of nitrogens with zero attached hydrogens (tertiary/aromatic N) is 1. The maximum atomic E-state index is 13.6. The molecule has 2 nitrogen and oxygen atoms in total. The fourth-order valence-electron chi connectivity index (χ4n) is 2.16. The van der Waals surface area contributed by atoms with E-state index in [1.807, 2.05) is 5.38 Å². The fraction of sp³-hybridized carbons (Fsp3) is 0.308. The van der Waals surface area contributed by atoms with Crippen LogP contribution in [0.25, 0.3) is 11.3 Å².